The molecule has 2 aliphatic rings. The molecule has 1 aliphatic heterocycles. The van der Waals surface area contributed by atoms with Gasteiger partial charge in [0.05, 0.1) is 11.1 Å². The number of alkyl halides is 2. The Morgan fingerprint density at radius 1 is 1.03 bits per heavy atom. The van der Waals surface area contributed by atoms with Crippen molar-refractivity contribution in [3.63, 3.8) is 0 Å². The van der Waals surface area contributed by atoms with Crippen LogP contribution in [-0.4, -0.2) is 38.2 Å². The predicted molar refractivity (Wildman–Crippen MR) is 134 cm³/mol. The lowest BCUT2D eigenvalue weighted by atomic mass is 9.88. The van der Waals surface area contributed by atoms with E-state index in [-0.39, 0.29) is 23.7 Å². The van der Waals surface area contributed by atoms with Crippen LogP contribution < -0.4 is 9.47 Å². The number of Topliss-reactive ketones (excluding diaryl/α,β-unsaturated/α-hetero) is 1. The van der Waals surface area contributed by atoms with Gasteiger partial charge in [0, 0.05) is 29.7 Å². The van der Waals surface area contributed by atoms with Gasteiger partial charge in [-0.15, -0.1) is 8.78 Å². The summed E-state index contributed by atoms with van der Waals surface area (Å²) in [6, 6.07) is 16.1. The number of hydrogen-bond donors (Lipinski definition) is 2. The third-order valence-corrected chi connectivity index (χ3v) is 7.72. The molecule has 1 fully saturated rings. The SMILES string of the molecule is Cc1ccc(CC(=O)C2(c3ccc4c(c3)OC(F)(F)O4)CC2)nc1-c1ccc(CCS(C)(O)O)cc1. The van der Waals surface area contributed by atoms with Gasteiger partial charge in [0.25, 0.3) is 0 Å². The highest BCUT2D eigenvalue weighted by molar-refractivity contribution is 8.23. The highest BCUT2D eigenvalue weighted by Crippen LogP contribution is 2.52. The zero-order valence-electron chi connectivity index (χ0n) is 20.0. The molecule has 2 aromatic carbocycles. The maximum Gasteiger partial charge on any atom is 0.586 e. The van der Waals surface area contributed by atoms with Crippen LogP contribution in [0.25, 0.3) is 11.3 Å². The van der Waals surface area contributed by atoms with Gasteiger partial charge in [0.15, 0.2) is 11.5 Å². The number of rotatable bonds is 8. The van der Waals surface area contributed by atoms with E-state index in [1.54, 1.807) is 6.07 Å². The van der Waals surface area contributed by atoms with Crippen LogP contribution in [0.1, 0.15) is 35.2 Å². The number of hydrogen-bond acceptors (Lipinski definition) is 6. The van der Waals surface area contributed by atoms with E-state index in [1.807, 2.05) is 43.3 Å². The Morgan fingerprint density at radius 2 is 1.72 bits per heavy atom. The molecule has 2 heterocycles. The van der Waals surface area contributed by atoms with Crippen LogP contribution in [0.2, 0.25) is 0 Å². The van der Waals surface area contributed by atoms with Crippen molar-refractivity contribution >= 4 is 16.4 Å². The molecule has 0 saturated heterocycles. The highest BCUT2D eigenvalue weighted by atomic mass is 32.3. The van der Waals surface area contributed by atoms with E-state index >= 15 is 0 Å². The van der Waals surface area contributed by atoms with Gasteiger partial charge in [-0.1, -0.05) is 36.4 Å². The Hall–Kier alpha value is -3.01. The van der Waals surface area contributed by atoms with Gasteiger partial charge < -0.3 is 9.47 Å². The number of ether oxygens (including phenoxy) is 2. The molecule has 1 aliphatic carbocycles. The minimum absolute atomic E-state index is 0.00988. The summed E-state index contributed by atoms with van der Waals surface area (Å²) in [6.07, 6.45) is -0.265. The van der Waals surface area contributed by atoms with Gasteiger partial charge in [-0.3, -0.25) is 18.9 Å². The summed E-state index contributed by atoms with van der Waals surface area (Å²) in [5.41, 5.74) is 4.23. The largest absolute Gasteiger partial charge is 0.586 e. The first-order valence-electron chi connectivity index (χ1n) is 11.6. The zero-order valence-corrected chi connectivity index (χ0v) is 20.8. The molecule has 0 unspecified atom stereocenters. The van der Waals surface area contributed by atoms with Gasteiger partial charge >= 0.3 is 6.29 Å². The van der Waals surface area contributed by atoms with Gasteiger partial charge in [-0.05, 0) is 61.1 Å². The predicted octanol–water partition coefficient (Wildman–Crippen LogP) is 6.14. The van der Waals surface area contributed by atoms with Crippen LogP contribution in [0.5, 0.6) is 11.5 Å². The molecule has 36 heavy (non-hydrogen) atoms. The van der Waals surface area contributed by atoms with Crippen molar-refractivity contribution in [3.05, 3.63) is 77.0 Å². The third kappa shape index (κ3) is 5.09. The Labute approximate surface area is 209 Å². The van der Waals surface area contributed by atoms with Crippen molar-refractivity contribution in [3.8, 4) is 22.8 Å². The molecule has 0 radical (unpaired) electrons. The lowest BCUT2D eigenvalue weighted by Gasteiger charge is -2.26. The Bertz CT molecular complexity index is 1320. The van der Waals surface area contributed by atoms with Gasteiger partial charge in [0.1, 0.15) is 5.78 Å². The van der Waals surface area contributed by atoms with Gasteiger partial charge in [0.2, 0.25) is 0 Å². The zero-order chi connectivity index (χ0) is 25.7. The highest BCUT2D eigenvalue weighted by Gasteiger charge is 2.52. The van der Waals surface area contributed by atoms with E-state index in [9.17, 15) is 22.7 Å². The quantitative estimate of drug-likeness (QED) is 0.374. The summed E-state index contributed by atoms with van der Waals surface area (Å²) in [4.78, 5) is 18.1. The lowest BCUT2D eigenvalue weighted by molar-refractivity contribution is -0.286. The number of benzene rings is 2. The number of nitrogens with zero attached hydrogens (tertiary/aromatic N) is 1. The van der Waals surface area contributed by atoms with E-state index in [0.29, 0.717) is 36.3 Å². The number of carbonyl (C=O) groups is 1. The first-order chi connectivity index (χ1) is 16.9. The number of pyridine rings is 1. The van der Waals surface area contributed by atoms with Gasteiger partial charge in [-0.25, -0.2) is 0 Å². The van der Waals surface area contributed by atoms with Crippen molar-refractivity contribution in [2.45, 2.75) is 44.3 Å². The van der Waals surface area contributed by atoms with E-state index in [2.05, 4.69) is 9.47 Å². The van der Waals surface area contributed by atoms with E-state index in [0.717, 1.165) is 22.4 Å². The second-order valence-electron chi connectivity index (χ2n) is 9.62. The van der Waals surface area contributed by atoms with Crippen molar-refractivity contribution in [1.29, 1.82) is 0 Å². The first-order valence-corrected chi connectivity index (χ1v) is 13.8. The molecule has 0 amide bonds. The molecule has 3 aromatic rings. The number of carbonyl (C=O) groups excluding carboxylic acids is 1. The number of aryl methyl sites for hydroxylation is 2. The fourth-order valence-corrected chi connectivity index (χ4v) is 5.16. The summed E-state index contributed by atoms with van der Waals surface area (Å²) < 4.78 is 55.1. The van der Waals surface area contributed by atoms with Crippen LogP contribution in [-0.2, 0) is 23.1 Å². The smallest absolute Gasteiger partial charge is 0.395 e. The summed E-state index contributed by atoms with van der Waals surface area (Å²) in [7, 11) is -2.53. The van der Waals surface area contributed by atoms with E-state index < -0.39 is 22.3 Å². The maximum atomic E-state index is 13.4. The Morgan fingerprint density at radius 3 is 2.39 bits per heavy atom. The molecule has 1 aromatic heterocycles. The average Bonchev–Trinajstić information content (AvgIpc) is 3.56. The lowest BCUT2D eigenvalue weighted by Crippen LogP contribution is -2.26. The molecule has 190 valence electrons. The fraction of sp³-hybridized carbons (Fsp3) is 0.333. The summed E-state index contributed by atoms with van der Waals surface area (Å²) in [5, 5.41) is 0. The molecule has 1 saturated carbocycles. The van der Waals surface area contributed by atoms with Crippen LogP contribution >= 0.6 is 10.6 Å². The topological polar surface area (TPSA) is 88.9 Å². The number of aromatic nitrogens is 1. The average molecular weight is 516 g/mol. The first kappa shape index (κ1) is 24.7. The summed E-state index contributed by atoms with van der Waals surface area (Å²) >= 11 is 0. The molecule has 0 spiro atoms. The standard InChI is InChI=1S/C27H27F2NO5S/c1-17-3-9-21(30-25(17)19-6-4-18(5-7-19)11-14-36(2,32)33)16-24(31)26(12-13-26)20-8-10-22-23(15-20)35-27(28,29)34-22/h3-10,15,32-33H,11-14,16H2,1-2H3. The molecular formula is C27H27F2NO5S. The Kier molecular flexibility index (Phi) is 6.05. The summed E-state index contributed by atoms with van der Waals surface area (Å²) in [5.74, 6) is 0.212. The molecule has 2 N–H and O–H groups in total. The monoisotopic (exact) mass is 515 g/mol. The minimum atomic E-state index is -3.69. The molecule has 0 bridgehead atoms. The summed E-state index contributed by atoms with van der Waals surface area (Å²) in [6.45, 7) is 1.96. The van der Waals surface area contributed by atoms with E-state index in [4.69, 9.17) is 4.98 Å². The second-order valence-corrected chi connectivity index (χ2v) is 12.0. The van der Waals surface area contributed by atoms with Crippen molar-refractivity contribution in [2.75, 3.05) is 12.0 Å². The molecule has 6 nitrogen and oxygen atoms in total. The van der Waals surface area contributed by atoms with Gasteiger partial charge in [-0.2, -0.15) is 10.6 Å². The third-order valence-electron chi connectivity index (χ3n) is 6.74. The molecule has 0 atom stereocenters. The fourth-order valence-electron chi connectivity index (χ4n) is 4.53. The van der Waals surface area contributed by atoms with Crippen molar-refractivity contribution < 1.29 is 32.2 Å². The van der Waals surface area contributed by atoms with E-state index in [1.165, 1.54) is 18.4 Å². The van der Waals surface area contributed by atoms with Crippen LogP contribution in [0.4, 0.5) is 8.78 Å². The van der Waals surface area contributed by atoms with Crippen molar-refractivity contribution in [1.82, 2.24) is 4.98 Å². The number of fused-ring (bicyclic) bond motifs is 1. The van der Waals surface area contributed by atoms with Crippen LogP contribution in [0.3, 0.4) is 0 Å². The van der Waals surface area contributed by atoms with Crippen molar-refractivity contribution in [2.24, 2.45) is 0 Å². The second kappa shape index (κ2) is 8.83. The maximum absolute atomic E-state index is 13.4. The number of halogens is 2. The van der Waals surface area contributed by atoms with Crippen LogP contribution in [0, 0.1) is 6.92 Å². The Balaban J connectivity index is 1.32. The number of ketones is 1. The molecule has 9 heteroatoms. The van der Waals surface area contributed by atoms with Crippen LogP contribution in [0.15, 0.2) is 54.6 Å². The minimum Gasteiger partial charge on any atom is -0.395 e. The molecular weight excluding hydrogens is 488 g/mol. The normalized spacial score (nSPS) is 17.6. The molecule has 5 rings (SSSR count).